The van der Waals surface area contributed by atoms with Crippen LogP contribution < -0.4 is 11.2 Å². The maximum atomic E-state index is 12.7. The second-order valence-electron chi connectivity index (χ2n) is 6.26. The zero-order valence-corrected chi connectivity index (χ0v) is 16.1. The van der Waals surface area contributed by atoms with Crippen molar-refractivity contribution in [1.29, 1.82) is 0 Å². The fraction of sp³-hybridized carbons (Fsp3) is 0.765. The summed E-state index contributed by atoms with van der Waals surface area (Å²) in [6, 6.07) is 0. The summed E-state index contributed by atoms with van der Waals surface area (Å²) in [5, 5.41) is 0. The minimum atomic E-state index is -4.77. The summed E-state index contributed by atoms with van der Waals surface area (Å²) in [6.45, 7) is 2.31. The molecule has 0 fully saturated rings. The van der Waals surface area contributed by atoms with Crippen molar-refractivity contribution >= 4 is 15.9 Å². The highest BCUT2D eigenvalue weighted by Gasteiger charge is 2.36. The molecule has 1 rings (SSSR count). The molecule has 0 bridgehead atoms. The highest BCUT2D eigenvalue weighted by Crippen LogP contribution is 2.30. The highest BCUT2D eigenvalue weighted by molar-refractivity contribution is 9.10. The smallest absolute Gasteiger partial charge is 0.302 e. The molecule has 0 unspecified atom stereocenters. The van der Waals surface area contributed by atoms with Gasteiger partial charge in [-0.15, -0.1) is 0 Å². The van der Waals surface area contributed by atoms with Crippen molar-refractivity contribution in [3.63, 3.8) is 0 Å². The Balaban J connectivity index is 2.40. The molecular formula is C17H26BrF3N2O2. The number of nitrogens with one attached hydrogen (secondary N) is 1. The van der Waals surface area contributed by atoms with Crippen LogP contribution in [0.3, 0.4) is 0 Å². The molecule has 25 heavy (non-hydrogen) atoms. The Labute approximate surface area is 154 Å². The number of hydrogen-bond acceptors (Lipinski definition) is 2. The third-order valence-corrected chi connectivity index (χ3v) is 4.88. The average Bonchev–Trinajstić information content (AvgIpc) is 2.54. The van der Waals surface area contributed by atoms with E-state index in [-0.39, 0.29) is 6.54 Å². The van der Waals surface area contributed by atoms with Crippen LogP contribution in [-0.2, 0) is 12.7 Å². The molecule has 0 aromatic carbocycles. The SMILES string of the molecule is CCCCCCCCCCCCn1c(=O)[nH]c(C(F)(F)F)c(Br)c1=O. The molecule has 0 saturated carbocycles. The Morgan fingerprint density at radius 3 is 1.88 bits per heavy atom. The second-order valence-corrected chi connectivity index (χ2v) is 7.05. The summed E-state index contributed by atoms with van der Waals surface area (Å²) in [5.41, 5.74) is -3.29. The number of H-pyrrole nitrogens is 1. The van der Waals surface area contributed by atoms with Gasteiger partial charge in [-0.05, 0) is 22.4 Å². The van der Waals surface area contributed by atoms with Gasteiger partial charge in [-0.3, -0.25) is 9.36 Å². The summed E-state index contributed by atoms with van der Waals surface area (Å²) in [7, 11) is 0. The zero-order valence-electron chi connectivity index (χ0n) is 14.6. The molecule has 0 aliphatic carbocycles. The Bertz CT molecular complexity index is 638. The number of alkyl halides is 3. The number of hydrogen-bond donors (Lipinski definition) is 1. The lowest BCUT2D eigenvalue weighted by Gasteiger charge is -2.11. The van der Waals surface area contributed by atoms with E-state index in [2.05, 4.69) is 22.9 Å². The van der Waals surface area contributed by atoms with Crippen molar-refractivity contribution < 1.29 is 13.2 Å². The summed E-state index contributed by atoms with van der Waals surface area (Å²) in [5.74, 6) is 0. The molecule has 1 N–H and O–H groups in total. The predicted octanol–water partition coefficient (Wildman–Crippen LogP) is 5.24. The number of nitrogens with zero attached hydrogens (tertiary/aromatic N) is 1. The monoisotopic (exact) mass is 426 g/mol. The van der Waals surface area contributed by atoms with Crippen molar-refractivity contribution in [1.82, 2.24) is 9.55 Å². The van der Waals surface area contributed by atoms with Crippen LogP contribution in [0.15, 0.2) is 14.1 Å². The molecule has 0 spiro atoms. The number of aromatic amines is 1. The lowest BCUT2D eigenvalue weighted by molar-refractivity contribution is -0.142. The van der Waals surface area contributed by atoms with E-state index in [1.165, 1.54) is 38.5 Å². The van der Waals surface area contributed by atoms with Crippen LogP contribution >= 0.6 is 15.9 Å². The Kier molecular flexibility index (Phi) is 9.53. The second kappa shape index (κ2) is 10.8. The molecule has 0 aliphatic heterocycles. The van der Waals surface area contributed by atoms with E-state index in [1.54, 1.807) is 4.98 Å². The first-order valence-corrected chi connectivity index (χ1v) is 9.68. The fourth-order valence-electron chi connectivity index (χ4n) is 2.70. The average molecular weight is 427 g/mol. The Morgan fingerprint density at radius 2 is 1.40 bits per heavy atom. The van der Waals surface area contributed by atoms with Crippen LogP contribution in [0.1, 0.15) is 76.8 Å². The lowest BCUT2D eigenvalue weighted by Crippen LogP contribution is -2.38. The van der Waals surface area contributed by atoms with Crippen LogP contribution in [0, 0.1) is 0 Å². The fourth-order valence-corrected chi connectivity index (χ4v) is 3.24. The van der Waals surface area contributed by atoms with E-state index in [0.717, 1.165) is 23.8 Å². The molecule has 8 heteroatoms. The van der Waals surface area contributed by atoms with Crippen molar-refractivity contribution in [2.45, 2.75) is 83.9 Å². The molecular weight excluding hydrogens is 401 g/mol. The van der Waals surface area contributed by atoms with E-state index in [0.29, 0.717) is 6.42 Å². The molecule has 0 atom stereocenters. The lowest BCUT2D eigenvalue weighted by atomic mass is 10.1. The molecule has 1 heterocycles. The van der Waals surface area contributed by atoms with E-state index >= 15 is 0 Å². The van der Waals surface area contributed by atoms with Crippen LogP contribution in [0.2, 0.25) is 0 Å². The zero-order chi connectivity index (χ0) is 18.9. The van der Waals surface area contributed by atoms with Crippen LogP contribution in [0.5, 0.6) is 0 Å². The van der Waals surface area contributed by atoms with Crippen LogP contribution in [0.4, 0.5) is 13.2 Å². The molecule has 0 aliphatic rings. The molecule has 144 valence electrons. The molecule has 0 saturated heterocycles. The van der Waals surface area contributed by atoms with Gasteiger partial charge in [0.05, 0.1) is 0 Å². The first-order chi connectivity index (χ1) is 11.8. The van der Waals surface area contributed by atoms with Gasteiger partial charge in [-0.2, -0.15) is 13.2 Å². The minimum absolute atomic E-state index is 0.126. The molecule has 4 nitrogen and oxygen atoms in total. The number of halogens is 4. The predicted molar refractivity (Wildman–Crippen MR) is 95.9 cm³/mol. The summed E-state index contributed by atoms with van der Waals surface area (Å²) < 4.78 is 38.3. The largest absolute Gasteiger partial charge is 0.432 e. The van der Waals surface area contributed by atoms with Gasteiger partial charge in [0.1, 0.15) is 10.2 Å². The highest BCUT2D eigenvalue weighted by atomic mass is 79.9. The normalized spacial score (nSPS) is 11.9. The molecule has 1 aromatic heterocycles. The molecule has 0 radical (unpaired) electrons. The van der Waals surface area contributed by atoms with Gasteiger partial charge in [0.15, 0.2) is 0 Å². The number of rotatable bonds is 11. The van der Waals surface area contributed by atoms with Crippen molar-refractivity contribution in [2.75, 3.05) is 0 Å². The first-order valence-electron chi connectivity index (χ1n) is 8.88. The number of aromatic nitrogens is 2. The molecule has 1 aromatic rings. The van der Waals surface area contributed by atoms with Gasteiger partial charge in [0.2, 0.25) is 0 Å². The van der Waals surface area contributed by atoms with E-state index in [1.807, 2.05) is 0 Å². The topological polar surface area (TPSA) is 54.9 Å². The summed E-state index contributed by atoms with van der Waals surface area (Å²) in [6.07, 6.45) is 6.24. The first kappa shape index (κ1) is 22.0. The Hall–Kier alpha value is -1.05. The van der Waals surface area contributed by atoms with E-state index in [9.17, 15) is 22.8 Å². The van der Waals surface area contributed by atoms with Crippen LogP contribution in [0.25, 0.3) is 0 Å². The number of unbranched alkanes of at least 4 members (excludes halogenated alkanes) is 9. The van der Waals surface area contributed by atoms with Crippen molar-refractivity contribution in [3.8, 4) is 0 Å². The maximum Gasteiger partial charge on any atom is 0.432 e. The third kappa shape index (κ3) is 7.38. The summed E-state index contributed by atoms with van der Waals surface area (Å²) >= 11 is 2.65. The van der Waals surface area contributed by atoms with E-state index < -0.39 is 27.6 Å². The Morgan fingerprint density at radius 1 is 0.920 bits per heavy atom. The van der Waals surface area contributed by atoms with E-state index in [4.69, 9.17) is 0 Å². The maximum absolute atomic E-state index is 12.7. The quantitative estimate of drug-likeness (QED) is 0.491. The van der Waals surface area contributed by atoms with Gasteiger partial charge < -0.3 is 4.98 Å². The third-order valence-electron chi connectivity index (χ3n) is 4.15. The standard InChI is InChI=1S/C17H26BrF3N2O2/c1-2-3-4-5-6-7-8-9-10-11-12-23-15(24)13(18)14(17(19,20)21)22-16(23)25/h2-12H2,1H3,(H,22,25). The van der Waals surface area contributed by atoms with Gasteiger partial charge in [-0.25, -0.2) is 4.79 Å². The van der Waals surface area contributed by atoms with Crippen LogP contribution in [-0.4, -0.2) is 9.55 Å². The summed E-state index contributed by atoms with van der Waals surface area (Å²) in [4.78, 5) is 25.4. The van der Waals surface area contributed by atoms with Gasteiger partial charge in [-0.1, -0.05) is 64.7 Å². The molecule has 0 amide bonds. The van der Waals surface area contributed by atoms with Gasteiger partial charge >= 0.3 is 11.9 Å². The van der Waals surface area contributed by atoms with Gasteiger partial charge in [0, 0.05) is 6.54 Å². The minimum Gasteiger partial charge on any atom is -0.302 e. The van der Waals surface area contributed by atoms with Crippen molar-refractivity contribution in [2.24, 2.45) is 0 Å². The van der Waals surface area contributed by atoms with Gasteiger partial charge in [0.25, 0.3) is 5.56 Å². The van der Waals surface area contributed by atoms with Crippen molar-refractivity contribution in [3.05, 3.63) is 31.0 Å².